The monoisotopic (exact) mass is 566 g/mol. The molecular formula is C28H34N6O5S. The number of amides is 2. The summed E-state index contributed by atoms with van der Waals surface area (Å²) in [6.07, 6.45) is 14.3. The van der Waals surface area contributed by atoms with E-state index >= 15 is 0 Å². The van der Waals surface area contributed by atoms with Gasteiger partial charge in [0, 0.05) is 18.5 Å². The zero-order valence-electron chi connectivity index (χ0n) is 22.1. The molecule has 212 valence electrons. The number of hydrogen-bond acceptors (Lipinski definition) is 9. The zero-order valence-corrected chi connectivity index (χ0v) is 22.9. The molecule has 7 N–H and O–H groups in total. The van der Waals surface area contributed by atoms with Crippen molar-refractivity contribution in [3.05, 3.63) is 82.3 Å². The van der Waals surface area contributed by atoms with E-state index in [1.54, 1.807) is 36.4 Å². The van der Waals surface area contributed by atoms with Crippen LogP contribution in [0.5, 0.6) is 5.75 Å². The highest BCUT2D eigenvalue weighted by Crippen LogP contribution is 2.19. The molecule has 0 saturated carbocycles. The number of rotatable bonds is 15. The van der Waals surface area contributed by atoms with E-state index in [1.165, 1.54) is 11.3 Å². The smallest absolute Gasteiger partial charge is 0.307 e. The topological polar surface area (TPSA) is 183 Å². The molecule has 2 aromatic rings. The van der Waals surface area contributed by atoms with Gasteiger partial charge in [0.2, 0.25) is 11.0 Å². The van der Waals surface area contributed by atoms with Gasteiger partial charge in [0.05, 0.1) is 6.42 Å². The van der Waals surface area contributed by atoms with Crippen LogP contribution in [-0.2, 0) is 27.2 Å². The van der Waals surface area contributed by atoms with E-state index in [0.717, 1.165) is 36.3 Å². The van der Waals surface area contributed by atoms with Crippen LogP contribution >= 0.6 is 11.3 Å². The summed E-state index contributed by atoms with van der Waals surface area (Å²) in [7, 11) is 0. The van der Waals surface area contributed by atoms with Crippen LogP contribution in [0.1, 0.15) is 49.1 Å². The van der Waals surface area contributed by atoms with E-state index in [2.05, 4.69) is 26.9 Å². The number of nitrogens with two attached hydrogens (primary N) is 2. The Kier molecular flexibility index (Phi) is 11.9. The van der Waals surface area contributed by atoms with Crippen molar-refractivity contribution < 1.29 is 24.2 Å². The number of aryl methyl sites for hydroxylation is 1. The first-order valence-electron chi connectivity index (χ1n) is 12.9. The number of aromatic nitrogens is 2. The summed E-state index contributed by atoms with van der Waals surface area (Å²) in [5.41, 5.74) is 14.3. The van der Waals surface area contributed by atoms with Crippen molar-refractivity contribution in [1.29, 1.82) is 0 Å². The number of nitrogens with one attached hydrogen (secondary N) is 2. The molecule has 1 heterocycles. The van der Waals surface area contributed by atoms with Crippen LogP contribution in [0.4, 0.5) is 5.13 Å². The summed E-state index contributed by atoms with van der Waals surface area (Å²) in [6, 6.07) is 6.60. The summed E-state index contributed by atoms with van der Waals surface area (Å²) in [6.45, 7) is -0.241. The van der Waals surface area contributed by atoms with Crippen LogP contribution in [-0.4, -0.2) is 39.7 Å². The third-order valence-electron chi connectivity index (χ3n) is 5.69. The first kappa shape index (κ1) is 30.1. The minimum absolute atomic E-state index is 0.123. The number of ether oxygens (including phenoxy) is 1. The number of aliphatic carboxylic acids is 1. The van der Waals surface area contributed by atoms with Gasteiger partial charge in [0.15, 0.2) is 6.61 Å². The molecule has 1 aromatic carbocycles. The van der Waals surface area contributed by atoms with Gasteiger partial charge in [-0.15, -0.1) is 10.2 Å². The number of carboxylic acid groups (broad SMARTS) is 1. The Bertz CT molecular complexity index is 1310. The van der Waals surface area contributed by atoms with Gasteiger partial charge in [-0.2, -0.15) is 0 Å². The van der Waals surface area contributed by atoms with Gasteiger partial charge in [-0.25, -0.2) is 0 Å². The summed E-state index contributed by atoms with van der Waals surface area (Å²) in [4.78, 5) is 35.1. The quantitative estimate of drug-likeness (QED) is 0.159. The molecule has 0 fully saturated rings. The highest BCUT2D eigenvalue weighted by Gasteiger charge is 2.10. The van der Waals surface area contributed by atoms with Crippen LogP contribution in [0.2, 0.25) is 0 Å². The predicted octanol–water partition coefficient (Wildman–Crippen LogP) is 3.32. The van der Waals surface area contributed by atoms with Crippen molar-refractivity contribution in [2.45, 2.75) is 51.4 Å². The molecule has 3 rings (SSSR count). The van der Waals surface area contributed by atoms with Gasteiger partial charge in [-0.3, -0.25) is 19.7 Å². The molecule has 12 heteroatoms. The lowest BCUT2D eigenvalue weighted by atomic mass is 10.0. The molecule has 11 nitrogen and oxygen atoms in total. The fourth-order valence-electron chi connectivity index (χ4n) is 3.77. The molecule has 0 unspecified atom stereocenters. The minimum atomic E-state index is -0.942. The first-order valence-corrected chi connectivity index (χ1v) is 13.7. The van der Waals surface area contributed by atoms with E-state index in [0.29, 0.717) is 41.4 Å². The Morgan fingerprint density at radius 1 is 1.10 bits per heavy atom. The third-order valence-corrected chi connectivity index (χ3v) is 6.59. The zero-order chi connectivity index (χ0) is 28.7. The summed E-state index contributed by atoms with van der Waals surface area (Å²) in [5.74, 6) is -0.821. The summed E-state index contributed by atoms with van der Waals surface area (Å²) in [5, 5.41) is 23.5. The first-order chi connectivity index (χ1) is 19.3. The number of carbonyl (C=O) groups excluding carboxylic acids is 2. The predicted molar refractivity (Wildman–Crippen MR) is 153 cm³/mol. The molecule has 1 aliphatic rings. The highest BCUT2D eigenvalue weighted by atomic mass is 32.1. The van der Waals surface area contributed by atoms with E-state index in [1.807, 2.05) is 12.2 Å². The van der Waals surface area contributed by atoms with Gasteiger partial charge in [0.25, 0.3) is 5.91 Å². The number of carbonyl (C=O) groups is 3. The van der Waals surface area contributed by atoms with Crippen molar-refractivity contribution in [1.82, 2.24) is 15.5 Å². The van der Waals surface area contributed by atoms with Crippen LogP contribution in [0.15, 0.2) is 71.7 Å². The number of benzene rings is 1. The van der Waals surface area contributed by atoms with Crippen LogP contribution in [0, 0.1) is 0 Å². The lowest BCUT2D eigenvalue weighted by Gasteiger charge is -2.09. The lowest BCUT2D eigenvalue weighted by Crippen LogP contribution is -2.27. The second kappa shape index (κ2) is 15.8. The molecule has 2 amide bonds. The van der Waals surface area contributed by atoms with Gasteiger partial charge in [0.1, 0.15) is 16.6 Å². The Balaban J connectivity index is 1.32. The average Bonchev–Trinajstić information content (AvgIpc) is 3.36. The van der Waals surface area contributed by atoms with Crippen molar-refractivity contribution >= 4 is 34.3 Å². The Morgan fingerprint density at radius 2 is 1.95 bits per heavy atom. The molecule has 0 spiro atoms. The second-order valence-electron chi connectivity index (χ2n) is 9.14. The molecular weight excluding hydrogens is 532 g/mol. The fourth-order valence-corrected chi connectivity index (χ4v) is 4.57. The number of allylic oxidation sites excluding steroid dienone is 6. The standard InChI is InChI=1S/C28H34N6O5S/c29-21(13-14-23(30)31-24(35)16-19-7-2-1-3-8-19)10-4-5-12-26-33-34-28(40-26)32-25(36)18-39-22-11-6-9-20(15-22)17-27(37)38/h1-2,6-7,9,11,13-15H,3-5,8,10,12,16-18,29-30H2,(H,31,35)(H,37,38)(H,32,34,36)/b21-13-,23-14+. The van der Waals surface area contributed by atoms with Crippen molar-refractivity contribution in [2.75, 3.05) is 11.9 Å². The molecule has 0 saturated heterocycles. The number of unbranched alkanes of at least 4 members (excludes halogenated alkanes) is 1. The van der Waals surface area contributed by atoms with Gasteiger partial charge >= 0.3 is 5.97 Å². The maximum atomic E-state index is 12.2. The molecule has 0 bridgehead atoms. The van der Waals surface area contributed by atoms with Crippen LogP contribution < -0.4 is 26.8 Å². The number of nitrogens with zero attached hydrogens (tertiary/aromatic N) is 2. The Hall–Kier alpha value is -4.45. The van der Waals surface area contributed by atoms with Gasteiger partial charge in [-0.05, 0) is 62.0 Å². The van der Waals surface area contributed by atoms with Crippen molar-refractivity contribution in [3.63, 3.8) is 0 Å². The Morgan fingerprint density at radius 3 is 2.73 bits per heavy atom. The average molecular weight is 567 g/mol. The highest BCUT2D eigenvalue weighted by molar-refractivity contribution is 7.15. The maximum Gasteiger partial charge on any atom is 0.307 e. The largest absolute Gasteiger partial charge is 0.484 e. The third kappa shape index (κ3) is 11.5. The molecule has 0 radical (unpaired) electrons. The summed E-state index contributed by atoms with van der Waals surface area (Å²) >= 11 is 1.29. The van der Waals surface area contributed by atoms with E-state index in [4.69, 9.17) is 21.3 Å². The van der Waals surface area contributed by atoms with E-state index < -0.39 is 11.9 Å². The van der Waals surface area contributed by atoms with Gasteiger partial charge in [-0.1, -0.05) is 47.3 Å². The molecule has 1 aromatic heterocycles. The van der Waals surface area contributed by atoms with Crippen molar-refractivity contribution in [2.24, 2.45) is 11.5 Å². The van der Waals surface area contributed by atoms with E-state index in [-0.39, 0.29) is 24.8 Å². The molecule has 0 aliphatic heterocycles. The number of hydrogen-bond donors (Lipinski definition) is 5. The number of carboxylic acids is 1. The van der Waals surface area contributed by atoms with Gasteiger partial charge < -0.3 is 26.6 Å². The SMILES string of the molecule is N/C(=C\C=C(/N)NC(=O)CC1=CC=CCC1)CCCCc1nnc(NC(=O)COc2cccc(CC(=O)O)c2)s1. The van der Waals surface area contributed by atoms with E-state index in [9.17, 15) is 14.4 Å². The Labute approximate surface area is 236 Å². The lowest BCUT2D eigenvalue weighted by molar-refractivity contribution is -0.136. The molecule has 40 heavy (non-hydrogen) atoms. The maximum absolute atomic E-state index is 12.2. The van der Waals surface area contributed by atoms with Crippen LogP contribution in [0.3, 0.4) is 0 Å². The number of anilines is 1. The second-order valence-corrected chi connectivity index (χ2v) is 10.2. The fraction of sp³-hybridized carbons (Fsp3) is 0.321. The normalized spacial score (nSPS) is 13.4. The molecule has 1 aliphatic carbocycles. The minimum Gasteiger partial charge on any atom is -0.484 e. The summed E-state index contributed by atoms with van der Waals surface area (Å²) < 4.78 is 5.45. The van der Waals surface area contributed by atoms with Crippen molar-refractivity contribution in [3.8, 4) is 5.75 Å². The van der Waals surface area contributed by atoms with Crippen LogP contribution in [0.25, 0.3) is 0 Å². The molecule has 0 atom stereocenters.